The van der Waals surface area contributed by atoms with Gasteiger partial charge in [-0.05, 0) is 24.5 Å². The number of hydrogen-bond acceptors (Lipinski definition) is 3. The third kappa shape index (κ3) is 6.80. The van der Waals surface area contributed by atoms with E-state index in [0.29, 0.717) is 12.5 Å². The summed E-state index contributed by atoms with van der Waals surface area (Å²) in [6, 6.07) is 9.82. The van der Waals surface area contributed by atoms with E-state index in [1.807, 2.05) is 25.2 Å². The molecule has 130 valence electrons. The van der Waals surface area contributed by atoms with Crippen molar-refractivity contribution in [3.63, 3.8) is 0 Å². The summed E-state index contributed by atoms with van der Waals surface area (Å²) in [5.41, 5.74) is 7.21. The topological polar surface area (TPSA) is 58.4 Å². The molecule has 1 unspecified atom stereocenters. The first kappa shape index (κ1) is 19.8. The molecule has 1 aliphatic rings. The second-order valence-electron chi connectivity index (χ2n) is 6.39. The molecule has 3 N–H and O–H groups in total. The lowest BCUT2D eigenvalue weighted by Crippen LogP contribution is -2.44. The molecule has 0 aliphatic heterocycles. The fraction of sp³-hybridized carbons (Fsp3) is 0.611. The van der Waals surface area contributed by atoms with E-state index in [9.17, 15) is 4.79 Å². The number of benzene rings is 1. The lowest BCUT2D eigenvalue weighted by molar-refractivity contribution is -0.122. The van der Waals surface area contributed by atoms with Crippen LogP contribution in [0, 0.1) is 5.92 Å². The van der Waals surface area contributed by atoms with Gasteiger partial charge in [-0.15, -0.1) is 12.4 Å². The van der Waals surface area contributed by atoms with Crippen molar-refractivity contribution in [1.82, 2.24) is 5.32 Å². The molecule has 1 saturated carbocycles. The van der Waals surface area contributed by atoms with Crippen LogP contribution in [0.3, 0.4) is 0 Å². The summed E-state index contributed by atoms with van der Waals surface area (Å²) in [4.78, 5) is 14.2. The molecule has 4 nitrogen and oxygen atoms in total. The Balaban J connectivity index is 0.00000264. The maximum atomic E-state index is 12.1. The summed E-state index contributed by atoms with van der Waals surface area (Å²) in [6.07, 6.45) is 7.22. The van der Waals surface area contributed by atoms with Crippen LogP contribution in [-0.4, -0.2) is 32.1 Å². The Hall–Kier alpha value is -1.26. The Kier molecular flexibility index (Phi) is 9.03. The van der Waals surface area contributed by atoms with Crippen LogP contribution in [0.2, 0.25) is 0 Å². The maximum Gasteiger partial charge on any atom is 0.236 e. The summed E-state index contributed by atoms with van der Waals surface area (Å²) in [5, 5.41) is 2.97. The van der Waals surface area contributed by atoms with Gasteiger partial charge in [0.05, 0.1) is 6.04 Å². The van der Waals surface area contributed by atoms with Crippen LogP contribution in [0.25, 0.3) is 0 Å². The van der Waals surface area contributed by atoms with Crippen LogP contribution in [-0.2, 0) is 4.79 Å². The summed E-state index contributed by atoms with van der Waals surface area (Å²) < 4.78 is 0. The first-order valence-corrected chi connectivity index (χ1v) is 8.46. The molecule has 0 saturated heterocycles. The van der Waals surface area contributed by atoms with Gasteiger partial charge in [0.2, 0.25) is 5.91 Å². The Morgan fingerprint density at radius 1 is 1.26 bits per heavy atom. The quantitative estimate of drug-likeness (QED) is 0.803. The number of nitrogens with one attached hydrogen (secondary N) is 1. The van der Waals surface area contributed by atoms with E-state index >= 15 is 0 Å². The smallest absolute Gasteiger partial charge is 0.236 e. The second kappa shape index (κ2) is 10.5. The van der Waals surface area contributed by atoms with Crippen LogP contribution in [0.4, 0.5) is 5.69 Å². The number of para-hydroxylation sites is 1. The minimum Gasteiger partial charge on any atom is -0.373 e. The molecular weight excluding hydrogens is 310 g/mol. The summed E-state index contributed by atoms with van der Waals surface area (Å²) in [7, 11) is 2.03. The van der Waals surface area contributed by atoms with Crippen molar-refractivity contribution in [3.05, 3.63) is 30.3 Å². The lowest BCUT2D eigenvalue weighted by atomic mass is 9.85. The molecule has 1 aromatic rings. The van der Waals surface area contributed by atoms with Crippen molar-refractivity contribution in [1.29, 1.82) is 0 Å². The zero-order valence-electron chi connectivity index (χ0n) is 14.0. The standard InChI is InChI=1S/C18H29N3O.ClH/c1-21(16-10-6-3-7-11-16)13-12-20-18(22)17(19)14-15-8-4-2-5-9-15;/h3,6-7,10-11,15,17H,2,4-5,8-9,12-14,19H2,1H3,(H,20,22);1H. The number of carbonyl (C=O) groups is 1. The Morgan fingerprint density at radius 2 is 1.91 bits per heavy atom. The van der Waals surface area contributed by atoms with Crippen LogP contribution < -0.4 is 16.0 Å². The molecule has 0 aromatic heterocycles. The van der Waals surface area contributed by atoms with Gasteiger partial charge in [-0.3, -0.25) is 4.79 Å². The van der Waals surface area contributed by atoms with Gasteiger partial charge in [0.25, 0.3) is 0 Å². The number of likely N-dealkylation sites (N-methyl/N-ethyl adjacent to an activating group) is 1. The van der Waals surface area contributed by atoms with Gasteiger partial charge in [0.15, 0.2) is 0 Å². The van der Waals surface area contributed by atoms with Crippen molar-refractivity contribution >= 4 is 24.0 Å². The molecule has 23 heavy (non-hydrogen) atoms. The average Bonchev–Trinajstić information content (AvgIpc) is 2.56. The molecule has 1 aromatic carbocycles. The number of nitrogens with two attached hydrogens (primary N) is 1. The number of carbonyl (C=O) groups excluding carboxylic acids is 1. The molecule has 0 heterocycles. The highest BCUT2D eigenvalue weighted by Gasteiger charge is 2.20. The van der Waals surface area contributed by atoms with E-state index in [0.717, 1.165) is 18.7 Å². The zero-order valence-corrected chi connectivity index (χ0v) is 14.9. The Morgan fingerprint density at radius 3 is 2.57 bits per heavy atom. The maximum absolute atomic E-state index is 12.1. The van der Waals surface area contributed by atoms with Gasteiger partial charge in [-0.25, -0.2) is 0 Å². The van der Waals surface area contributed by atoms with Crippen molar-refractivity contribution < 1.29 is 4.79 Å². The largest absolute Gasteiger partial charge is 0.373 e. The number of amides is 1. The predicted octanol–water partition coefficient (Wildman–Crippen LogP) is 2.96. The number of hydrogen-bond donors (Lipinski definition) is 2. The molecule has 1 amide bonds. The molecule has 0 bridgehead atoms. The molecule has 0 spiro atoms. The second-order valence-corrected chi connectivity index (χ2v) is 6.39. The van der Waals surface area contributed by atoms with Gasteiger partial charge in [0, 0.05) is 25.8 Å². The number of anilines is 1. The van der Waals surface area contributed by atoms with E-state index in [2.05, 4.69) is 22.3 Å². The SMILES string of the molecule is CN(CCNC(=O)C(N)CC1CCCCC1)c1ccccc1.Cl. The molecule has 2 rings (SSSR count). The zero-order chi connectivity index (χ0) is 15.8. The van der Waals surface area contributed by atoms with Crippen LogP contribution in [0.1, 0.15) is 38.5 Å². The van der Waals surface area contributed by atoms with Gasteiger partial charge in [-0.2, -0.15) is 0 Å². The van der Waals surface area contributed by atoms with E-state index < -0.39 is 0 Å². The average molecular weight is 340 g/mol. The Labute approximate surface area is 146 Å². The molecule has 1 aliphatic carbocycles. The van der Waals surface area contributed by atoms with Crippen LogP contribution >= 0.6 is 12.4 Å². The molecule has 1 atom stereocenters. The highest BCUT2D eigenvalue weighted by atomic mass is 35.5. The van der Waals surface area contributed by atoms with Crippen molar-refractivity contribution in [2.24, 2.45) is 11.7 Å². The first-order chi connectivity index (χ1) is 10.7. The molecule has 0 radical (unpaired) electrons. The predicted molar refractivity (Wildman–Crippen MR) is 99.1 cm³/mol. The van der Waals surface area contributed by atoms with Crippen molar-refractivity contribution in [2.45, 2.75) is 44.6 Å². The summed E-state index contributed by atoms with van der Waals surface area (Å²) in [6.45, 7) is 1.41. The normalized spacial score (nSPS) is 16.3. The van der Waals surface area contributed by atoms with E-state index in [1.165, 1.54) is 32.1 Å². The minimum atomic E-state index is -0.356. The molecule has 5 heteroatoms. The summed E-state index contributed by atoms with van der Waals surface area (Å²) in [5.74, 6) is 0.633. The highest BCUT2D eigenvalue weighted by molar-refractivity contribution is 5.85. The number of rotatable bonds is 7. The van der Waals surface area contributed by atoms with Gasteiger partial charge in [0.1, 0.15) is 0 Å². The molecule has 1 fully saturated rings. The van der Waals surface area contributed by atoms with E-state index in [1.54, 1.807) is 0 Å². The highest BCUT2D eigenvalue weighted by Crippen LogP contribution is 2.26. The minimum absolute atomic E-state index is 0. The van der Waals surface area contributed by atoms with Crippen LogP contribution in [0.15, 0.2) is 30.3 Å². The van der Waals surface area contributed by atoms with E-state index in [4.69, 9.17) is 5.73 Å². The third-order valence-corrected chi connectivity index (χ3v) is 4.59. The Bertz CT molecular complexity index is 449. The van der Waals surface area contributed by atoms with Gasteiger partial charge < -0.3 is 16.0 Å². The third-order valence-electron chi connectivity index (χ3n) is 4.59. The number of halogens is 1. The van der Waals surface area contributed by atoms with Crippen molar-refractivity contribution in [3.8, 4) is 0 Å². The van der Waals surface area contributed by atoms with Crippen LogP contribution in [0.5, 0.6) is 0 Å². The monoisotopic (exact) mass is 339 g/mol. The van der Waals surface area contributed by atoms with Gasteiger partial charge in [-0.1, -0.05) is 50.3 Å². The fourth-order valence-electron chi connectivity index (χ4n) is 3.18. The van der Waals surface area contributed by atoms with Gasteiger partial charge >= 0.3 is 0 Å². The summed E-state index contributed by atoms with van der Waals surface area (Å²) >= 11 is 0. The number of nitrogens with zero attached hydrogens (tertiary/aromatic N) is 1. The first-order valence-electron chi connectivity index (χ1n) is 8.46. The van der Waals surface area contributed by atoms with Crippen molar-refractivity contribution in [2.75, 3.05) is 25.0 Å². The fourth-order valence-corrected chi connectivity index (χ4v) is 3.18. The molecular formula is C18H30ClN3O. The van der Waals surface area contributed by atoms with E-state index in [-0.39, 0.29) is 24.4 Å². The lowest BCUT2D eigenvalue weighted by Gasteiger charge is -2.24.